The van der Waals surface area contributed by atoms with Crippen molar-refractivity contribution in [3.8, 4) is 0 Å². The normalized spacial score (nSPS) is 16.7. The molecule has 0 saturated carbocycles. The van der Waals surface area contributed by atoms with E-state index in [9.17, 15) is 9.59 Å². The van der Waals surface area contributed by atoms with E-state index in [2.05, 4.69) is 9.71 Å². The Balaban J connectivity index is 1.41. The van der Waals surface area contributed by atoms with Crippen LogP contribution in [-0.4, -0.2) is 52.8 Å². The molecule has 0 bridgehead atoms. The third-order valence-corrected chi connectivity index (χ3v) is 5.96. The summed E-state index contributed by atoms with van der Waals surface area (Å²) in [6, 6.07) is 17.6. The van der Waals surface area contributed by atoms with Gasteiger partial charge in [0.05, 0.1) is 10.4 Å². The zero-order chi connectivity index (χ0) is 20.2. The van der Waals surface area contributed by atoms with Crippen LogP contribution in [-0.2, 0) is 4.79 Å². The number of carbonyl (C=O) groups is 2. The number of fused-ring (bicyclic) bond motifs is 1. The number of amides is 2. The SMILES string of the molecule is CC1CN(C=O)CCN1C(=O)c1ccc(NSc2cccc3cccnc23)cc1. The lowest BCUT2D eigenvalue weighted by molar-refractivity contribution is -0.120. The highest BCUT2D eigenvalue weighted by Gasteiger charge is 2.27. The summed E-state index contributed by atoms with van der Waals surface area (Å²) in [6.45, 7) is 3.68. The van der Waals surface area contributed by atoms with Gasteiger partial charge in [-0.2, -0.15) is 0 Å². The molecular weight excluding hydrogens is 384 g/mol. The number of nitrogens with one attached hydrogen (secondary N) is 1. The number of aromatic nitrogens is 1. The van der Waals surface area contributed by atoms with Gasteiger partial charge in [-0.15, -0.1) is 0 Å². The summed E-state index contributed by atoms with van der Waals surface area (Å²) >= 11 is 1.50. The van der Waals surface area contributed by atoms with Crippen molar-refractivity contribution in [3.63, 3.8) is 0 Å². The first-order valence-electron chi connectivity index (χ1n) is 9.52. The van der Waals surface area contributed by atoms with Crippen LogP contribution < -0.4 is 4.72 Å². The maximum atomic E-state index is 12.8. The summed E-state index contributed by atoms with van der Waals surface area (Å²) in [6.07, 6.45) is 2.64. The number of nitrogens with zero attached hydrogens (tertiary/aromatic N) is 3. The molecule has 1 aromatic heterocycles. The standard InChI is InChI=1S/C22H22N4O2S/c1-16-14-25(15-27)12-13-26(16)22(28)18-7-9-19(10-8-18)24-29-20-6-2-4-17-5-3-11-23-21(17)20/h2-11,15-16,24H,12-14H2,1H3. The van der Waals surface area contributed by atoms with Crippen molar-refractivity contribution in [1.29, 1.82) is 0 Å². The van der Waals surface area contributed by atoms with Crippen molar-refractivity contribution in [2.45, 2.75) is 17.9 Å². The second kappa shape index (κ2) is 8.53. The van der Waals surface area contributed by atoms with Crippen LogP contribution >= 0.6 is 11.9 Å². The highest BCUT2D eigenvalue weighted by Crippen LogP contribution is 2.27. The smallest absolute Gasteiger partial charge is 0.254 e. The molecule has 0 spiro atoms. The summed E-state index contributed by atoms with van der Waals surface area (Å²) in [5, 5.41) is 1.10. The fourth-order valence-corrected chi connectivity index (χ4v) is 4.28. The predicted molar refractivity (Wildman–Crippen MR) is 116 cm³/mol. The van der Waals surface area contributed by atoms with Crippen LogP contribution in [0.15, 0.2) is 65.7 Å². The number of hydrogen-bond acceptors (Lipinski definition) is 5. The summed E-state index contributed by atoms with van der Waals surface area (Å²) in [4.78, 5) is 32.8. The van der Waals surface area contributed by atoms with Crippen molar-refractivity contribution in [2.24, 2.45) is 0 Å². The zero-order valence-corrected chi connectivity index (χ0v) is 16.9. The van der Waals surface area contributed by atoms with E-state index < -0.39 is 0 Å². The monoisotopic (exact) mass is 406 g/mol. The Morgan fingerprint density at radius 2 is 1.93 bits per heavy atom. The fourth-order valence-electron chi connectivity index (χ4n) is 3.50. The third kappa shape index (κ3) is 4.19. The van der Waals surface area contributed by atoms with Gasteiger partial charge in [0.1, 0.15) is 0 Å². The van der Waals surface area contributed by atoms with E-state index in [0.29, 0.717) is 25.2 Å². The molecule has 2 amide bonds. The quantitative estimate of drug-likeness (QED) is 0.517. The Hall–Kier alpha value is -3.06. The molecule has 0 aliphatic carbocycles. The van der Waals surface area contributed by atoms with Crippen molar-refractivity contribution in [3.05, 3.63) is 66.4 Å². The van der Waals surface area contributed by atoms with Gasteiger partial charge in [0, 0.05) is 48.5 Å². The first kappa shape index (κ1) is 19.3. The Bertz CT molecular complexity index is 1020. The molecule has 1 atom stereocenters. The van der Waals surface area contributed by atoms with Gasteiger partial charge in [-0.1, -0.05) is 18.2 Å². The highest BCUT2D eigenvalue weighted by molar-refractivity contribution is 8.00. The highest BCUT2D eigenvalue weighted by atomic mass is 32.2. The molecule has 7 heteroatoms. The van der Waals surface area contributed by atoms with Gasteiger partial charge in [-0.3, -0.25) is 14.6 Å². The molecule has 1 fully saturated rings. The van der Waals surface area contributed by atoms with E-state index in [1.54, 1.807) is 11.1 Å². The number of pyridine rings is 1. The predicted octanol–water partition coefficient (Wildman–Crippen LogP) is 3.66. The van der Waals surface area contributed by atoms with E-state index in [0.717, 1.165) is 27.9 Å². The van der Waals surface area contributed by atoms with Gasteiger partial charge in [-0.05, 0) is 55.3 Å². The number of hydrogen-bond donors (Lipinski definition) is 1. The van der Waals surface area contributed by atoms with Crippen LogP contribution in [0.4, 0.5) is 5.69 Å². The largest absolute Gasteiger partial charge is 0.341 e. The maximum absolute atomic E-state index is 12.8. The van der Waals surface area contributed by atoms with Crippen LogP contribution in [0.2, 0.25) is 0 Å². The fraction of sp³-hybridized carbons (Fsp3) is 0.227. The molecule has 2 heterocycles. The molecule has 1 aliphatic rings. The summed E-state index contributed by atoms with van der Waals surface area (Å²) in [5.41, 5.74) is 2.53. The van der Waals surface area contributed by atoms with E-state index in [4.69, 9.17) is 0 Å². The molecule has 1 aliphatic heterocycles. The molecule has 29 heavy (non-hydrogen) atoms. The Morgan fingerprint density at radius 1 is 1.14 bits per heavy atom. The van der Waals surface area contributed by atoms with Gasteiger partial charge >= 0.3 is 0 Å². The average Bonchev–Trinajstić information content (AvgIpc) is 2.77. The Labute approximate surface area is 174 Å². The molecule has 6 nitrogen and oxygen atoms in total. The molecule has 4 rings (SSSR count). The minimum atomic E-state index is 0.000468. The molecule has 3 aromatic rings. The molecule has 2 aromatic carbocycles. The minimum Gasteiger partial charge on any atom is -0.341 e. The number of para-hydroxylation sites is 1. The molecule has 1 saturated heterocycles. The first-order valence-corrected chi connectivity index (χ1v) is 10.3. The minimum absolute atomic E-state index is 0.000468. The van der Waals surface area contributed by atoms with Gasteiger partial charge in [0.2, 0.25) is 6.41 Å². The average molecular weight is 407 g/mol. The molecular formula is C22H22N4O2S. The Kier molecular flexibility index (Phi) is 5.67. The van der Waals surface area contributed by atoms with Crippen molar-refractivity contribution in [2.75, 3.05) is 24.4 Å². The van der Waals surface area contributed by atoms with E-state index in [1.807, 2.05) is 66.4 Å². The van der Waals surface area contributed by atoms with E-state index in [-0.39, 0.29) is 11.9 Å². The summed E-state index contributed by atoms with van der Waals surface area (Å²) in [5.74, 6) is 0.000468. The Morgan fingerprint density at radius 3 is 2.69 bits per heavy atom. The van der Waals surface area contributed by atoms with Gasteiger partial charge < -0.3 is 14.5 Å². The maximum Gasteiger partial charge on any atom is 0.254 e. The molecule has 0 radical (unpaired) electrons. The van der Waals surface area contributed by atoms with Gasteiger partial charge in [0.25, 0.3) is 5.91 Å². The summed E-state index contributed by atoms with van der Waals surface area (Å²) in [7, 11) is 0. The van der Waals surface area contributed by atoms with Crippen LogP contribution in [0, 0.1) is 0 Å². The van der Waals surface area contributed by atoms with Crippen molar-refractivity contribution in [1.82, 2.24) is 14.8 Å². The number of anilines is 1. The van der Waals surface area contributed by atoms with Crippen LogP contribution in [0.1, 0.15) is 17.3 Å². The van der Waals surface area contributed by atoms with Crippen LogP contribution in [0.5, 0.6) is 0 Å². The summed E-state index contributed by atoms with van der Waals surface area (Å²) < 4.78 is 3.33. The van der Waals surface area contributed by atoms with Gasteiger partial charge in [-0.25, -0.2) is 0 Å². The topological polar surface area (TPSA) is 65.5 Å². The second-order valence-corrected chi connectivity index (χ2v) is 7.91. The number of carbonyl (C=O) groups excluding carboxylic acids is 2. The lowest BCUT2D eigenvalue weighted by atomic mass is 10.1. The lowest BCUT2D eigenvalue weighted by Gasteiger charge is -2.38. The van der Waals surface area contributed by atoms with Crippen molar-refractivity contribution < 1.29 is 9.59 Å². The first-order chi connectivity index (χ1) is 14.2. The number of rotatable bonds is 5. The number of piperazine rings is 1. The van der Waals surface area contributed by atoms with E-state index in [1.165, 1.54) is 11.9 Å². The third-order valence-electron chi connectivity index (χ3n) is 5.08. The molecule has 1 unspecified atom stereocenters. The van der Waals surface area contributed by atoms with Gasteiger partial charge in [0.15, 0.2) is 0 Å². The lowest BCUT2D eigenvalue weighted by Crippen LogP contribution is -2.53. The molecule has 1 N–H and O–H groups in total. The molecule has 148 valence electrons. The van der Waals surface area contributed by atoms with Crippen LogP contribution in [0.3, 0.4) is 0 Å². The second-order valence-electron chi connectivity index (χ2n) is 7.06. The number of benzene rings is 2. The van der Waals surface area contributed by atoms with Crippen molar-refractivity contribution >= 4 is 40.9 Å². The zero-order valence-electron chi connectivity index (χ0n) is 16.1. The van der Waals surface area contributed by atoms with E-state index >= 15 is 0 Å². The van der Waals surface area contributed by atoms with Crippen LogP contribution in [0.25, 0.3) is 10.9 Å².